The summed E-state index contributed by atoms with van der Waals surface area (Å²) in [5.74, 6) is -0.175. The van der Waals surface area contributed by atoms with E-state index < -0.39 is 15.8 Å². The Bertz CT molecular complexity index is 1350. The topological polar surface area (TPSA) is 81.2 Å². The number of nitrogens with one attached hydrogen (secondary N) is 1. The number of halogens is 2. The van der Waals surface area contributed by atoms with Crippen molar-refractivity contribution < 1.29 is 17.5 Å². The van der Waals surface area contributed by atoms with Crippen LogP contribution < -0.4 is 9.46 Å². The number of sulfonamides is 1. The van der Waals surface area contributed by atoms with Gasteiger partial charge in [-0.15, -0.1) is 0 Å². The van der Waals surface area contributed by atoms with Gasteiger partial charge in [-0.05, 0) is 48.5 Å². The molecule has 0 fully saturated rings. The number of benzene rings is 2. The number of methoxy groups -OCH3 is 1. The average Bonchev–Trinajstić information content (AvgIpc) is 2.74. The van der Waals surface area contributed by atoms with E-state index in [0.29, 0.717) is 22.7 Å². The van der Waals surface area contributed by atoms with Crippen molar-refractivity contribution in [3.8, 4) is 17.1 Å². The zero-order chi connectivity index (χ0) is 21.3. The number of anilines is 1. The van der Waals surface area contributed by atoms with Crippen molar-refractivity contribution in [3.63, 3.8) is 0 Å². The Kier molecular flexibility index (Phi) is 5.27. The summed E-state index contributed by atoms with van der Waals surface area (Å²) in [6, 6.07) is 14.9. The normalized spacial score (nSPS) is 11.4. The molecule has 0 amide bonds. The lowest BCUT2D eigenvalue weighted by Crippen LogP contribution is -2.13. The molecule has 2 heterocycles. The molecule has 4 rings (SSSR count). The van der Waals surface area contributed by atoms with Gasteiger partial charge < -0.3 is 4.74 Å². The van der Waals surface area contributed by atoms with Crippen LogP contribution in [0, 0.1) is 5.82 Å². The number of aromatic nitrogens is 2. The molecular formula is C21H15ClFN3O3S. The summed E-state index contributed by atoms with van der Waals surface area (Å²) in [6.45, 7) is 0. The van der Waals surface area contributed by atoms with Crippen LogP contribution in [-0.2, 0) is 10.0 Å². The largest absolute Gasteiger partial charge is 0.479 e. The third-order valence-electron chi connectivity index (χ3n) is 4.38. The average molecular weight is 444 g/mol. The molecule has 0 aliphatic heterocycles. The Morgan fingerprint density at radius 1 is 1.07 bits per heavy atom. The van der Waals surface area contributed by atoms with E-state index in [1.807, 2.05) is 12.1 Å². The van der Waals surface area contributed by atoms with Gasteiger partial charge in [-0.1, -0.05) is 23.7 Å². The van der Waals surface area contributed by atoms with Gasteiger partial charge in [0.2, 0.25) is 5.88 Å². The Morgan fingerprint density at radius 2 is 1.83 bits per heavy atom. The molecule has 0 aliphatic carbocycles. The Morgan fingerprint density at radius 3 is 2.57 bits per heavy atom. The van der Waals surface area contributed by atoms with Crippen molar-refractivity contribution in [2.24, 2.45) is 0 Å². The number of rotatable bonds is 5. The fourth-order valence-corrected chi connectivity index (χ4v) is 4.22. The van der Waals surface area contributed by atoms with Crippen molar-refractivity contribution in [2.45, 2.75) is 4.90 Å². The first-order chi connectivity index (χ1) is 14.4. The number of nitrogens with zero attached hydrogens (tertiary/aromatic N) is 2. The maximum absolute atomic E-state index is 13.1. The van der Waals surface area contributed by atoms with E-state index in [9.17, 15) is 12.8 Å². The molecule has 0 saturated heterocycles. The van der Waals surface area contributed by atoms with Crippen LogP contribution in [0.4, 0.5) is 10.1 Å². The highest BCUT2D eigenvalue weighted by atomic mass is 35.5. The van der Waals surface area contributed by atoms with E-state index in [1.165, 1.54) is 19.2 Å². The van der Waals surface area contributed by atoms with Crippen LogP contribution in [0.2, 0.25) is 5.02 Å². The second kappa shape index (κ2) is 7.89. The van der Waals surface area contributed by atoms with Crippen LogP contribution >= 0.6 is 11.6 Å². The summed E-state index contributed by atoms with van der Waals surface area (Å²) in [6.07, 6.45) is 1.65. The minimum Gasteiger partial charge on any atom is -0.479 e. The molecule has 0 aliphatic rings. The summed E-state index contributed by atoms with van der Waals surface area (Å²) in [5, 5.41) is 1.03. The number of pyridine rings is 2. The Balaban J connectivity index is 1.75. The first-order valence-electron chi connectivity index (χ1n) is 8.75. The lowest BCUT2D eigenvalue weighted by molar-refractivity contribution is 0.403. The maximum atomic E-state index is 13.1. The summed E-state index contributed by atoms with van der Waals surface area (Å²) in [4.78, 5) is 8.68. The molecule has 6 nitrogen and oxygen atoms in total. The van der Waals surface area contributed by atoms with Gasteiger partial charge in [0.25, 0.3) is 10.0 Å². The van der Waals surface area contributed by atoms with E-state index in [4.69, 9.17) is 16.3 Å². The minimum atomic E-state index is -3.96. The van der Waals surface area contributed by atoms with E-state index in [1.54, 1.807) is 30.5 Å². The van der Waals surface area contributed by atoms with Gasteiger partial charge in [0, 0.05) is 17.1 Å². The van der Waals surface area contributed by atoms with Crippen LogP contribution in [0.5, 0.6) is 5.88 Å². The van der Waals surface area contributed by atoms with Crippen LogP contribution in [0.3, 0.4) is 0 Å². The Labute approximate surface area is 177 Å². The van der Waals surface area contributed by atoms with Gasteiger partial charge in [0.1, 0.15) is 11.3 Å². The minimum absolute atomic E-state index is 0.0815. The lowest BCUT2D eigenvalue weighted by Gasteiger charge is -2.12. The fraction of sp³-hybridized carbons (Fsp3) is 0.0476. The standard InChI is InChI=1S/C21H15ClFN3O3S/c1-29-21-20-14(3-2-10-24-20)12-18(25-21)13-4-9-17(22)19(11-13)26-30(27,28)16-7-5-15(23)6-8-16/h2-12,26H,1H3. The van der Waals surface area contributed by atoms with E-state index >= 15 is 0 Å². The summed E-state index contributed by atoms with van der Waals surface area (Å²) >= 11 is 6.21. The van der Waals surface area contributed by atoms with Crippen molar-refractivity contribution >= 4 is 38.2 Å². The van der Waals surface area contributed by atoms with Crippen molar-refractivity contribution in [2.75, 3.05) is 11.8 Å². The first kappa shape index (κ1) is 20.1. The molecule has 9 heteroatoms. The molecule has 2 aromatic heterocycles. The fourth-order valence-electron chi connectivity index (χ4n) is 2.93. The van der Waals surface area contributed by atoms with Gasteiger partial charge in [-0.3, -0.25) is 9.71 Å². The highest BCUT2D eigenvalue weighted by Crippen LogP contribution is 2.32. The molecule has 0 saturated carbocycles. The second-order valence-electron chi connectivity index (χ2n) is 6.35. The summed E-state index contributed by atoms with van der Waals surface area (Å²) in [7, 11) is -2.45. The molecule has 0 unspecified atom stereocenters. The van der Waals surface area contributed by atoms with Crippen molar-refractivity contribution in [1.29, 1.82) is 0 Å². The van der Waals surface area contributed by atoms with E-state index in [2.05, 4.69) is 14.7 Å². The van der Waals surface area contributed by atoms with Gasteiger partial charge in [0.05, 0.1) is 28.4 Å². The predicted octanol–water partition coefficient (Wildman–Crippen LogP) is 4.90. The molecule has 30 heavy (non-hydrogen) atoms. The highest BCUT2D eigenvalue weighted by molar-refractivity contribution is 7.92. The molecule has 1 N–H and O–H groups in total. The first-order valence-corrected chi connectivity index (χ1v) is 10.6. The van der Waals surface area contributed by atoms with Crippen molar-refractivity contribution in [1.82, 2.24) is 9.97 Å². The zero-order valence-electron chi connectivity index (χ0n) is 15.6. The van der Waals surface area contributed by atoms with Crippen LogP contribution in [-0.4, -0.2) is 25.5 Å². The molecular weight excluding hydrogens is 429 g/mol. The van der Waals surface area contributed by atoms with E-state index in [0.717, 1.165) is 17.5 Å². The van der Waals surface area contributed by atoms with Crippen LogP contribution in [0.25, 0.3) is 22.2 Å². The third kappa shape index (κ3) is 3.92. The van der Waals surface area contributed by atoms with Crippen LogP contribution in [0.15, 0.2) is 71.8 Å². The lowest BCUT2D eigenvalue weighted by atomic mass is 10.1. The smallest absolute Gasteiger partial charge is 0.261 e. The maximum Gasteiger partial charge on any atom is 0.261 e. The van der Waals surface area contributed by atoms with Gasteiger partial charge in [-0.25, -0.2) is 17.8 Å². The van der Waals surface area contributed by atoms with Crippen molar-refractivity contribution in [3.05, 3.63) is 77.7 Å². The number of hydrogen-bond donors (Lipinski definition) is 1. The van der Waals surface area contributed by atoms with Gasteiger partial charge in [0.15, 0.2) is 0 Å². The Hall–Kier alpha value is -3.23. The van der Waals surface area contributed by atoms with E-state index in [-0.39, 0.29) is 15.6 Å². The third-order valence-corrected chi connectivity index (χ3v) is 6.09. The van der Waals surface area contributed by atoms with Gasteiger partial charge in [-0.2, -0.15) is 0 Å². The quantitative estimate of drug-likeness (QED) is 0.474. The number of ether oxygens (including phenoxy) is 1. The SMILES string of the molecule is COc1nc(-c2ccc(Cl)c(NS(=O)(=O)c3ccc(F)cc3)c2)cc2cccnc12. The van der Waals surface area contributed by atoms with Crippen LogP contribution in [0.1, 0.15) is 0 Å². The predicted molar refractivity (Wildman–Crippen MR) is 114 cm³/mol. The molecule has 0 bridgehead atoms. The molecule has 0 spiro atoms. The molecule has 0 atom stereocenters. The van der Waals surface area contributed by atoms with Gasteiger partial charge >= 0.3 is 0 Å². The monoisotopic (exact) mass is 443 g/mol. The zero-order valence-corrected chi connectivity index (χ0v) is 17.2. The molecule has 0 radical (unpaired) electrons. The summed E-state index contributed by atoms with van der Waals surface area (Å²) in [5.41, 5.74) is 1.98. The number of hydrogen-bond acceptors (Lipinski definition) is 5. The summed E-state index contributed by atoms with van der Waals surface area (Å²) < 4.78 is 46.2. The molecule has 2 aromatic carbocycles. The molecule has 4 aromatic rings. The number of fused-ring (bicyclic) bond motifs is 1. The second-order valence-corrected chi connectivity index (χ2v) is 8.44. The molecule has 152 valence electrons. The highest BCUT2D eigenvalue weighted by Gasteiger charge is 2.17.